The lowest BCUT2D eigenvalue weighted by Crippen LogP contribution is -2.42. The molecular formula is C21H17N3O4S2. The molecule has 0 bridgehead atoms. The van der Waals surface area contributed by atoms with Crippen LogP contribution in [0.1, 0.15) is 22.5 Å². The van der Waals surface area contributed by atoms with E-state index in [2.05, 4.69) is 10.3 Å². The van der Waals surface area contributed by atoms with E-state index in [0.717, 1.165) is 11.3 Å². The Labute approximate surface area is 180 Å². The lowest BCUT2D eigenvalue weighted by atomic mass is 10.2. The molecule has 5 rings (SSSR count). The van der Waals surface area contributed by atoms with Crippen LogP contribution in [0.5, 0.6) is 0 Å². The number of nitrogens with zero attached hydrogens (tertiary/aromatic N) is 2. The van der Waals surface area contributed by atoms with Gasteiger partial charge in [-0.3, -0.25) is 9.59 Å². The summed E-state index contributed by atoms with van der Waals surface area (Å²) in [6, 6.07) is 10.3. The number of carbonyl (C=O) groups excluding carboxylic acids is 2. The topological polar surface area (TPSA) is 88.6 Å². The zero-order valence-electron chi connectivity index (χ0n) is 15.7. The average molecular weight is 440 g/mol. The van der Waals surface area contributed by atoms with Crippen LogP contribution in [0.3, 0.4) is 0 Å². The molecule has 30 heavy (non-hydrogen) atoms. The van der Waals surface area contributed by atoms with Gasteiger partial charge >= 0.3 is 0 Å². The van der Waals surface area contributed by atoms with Crippen molar-refractivity contribution in [1.82, 2.24) is 9.88 Å². The molecule has 4 aromatic rings. The molecule has 0 aromatic carbocycles. The first-order valence-electron chi connectivity index (χ1n) is 9.44. The summed E-state index contributed by atoms with van der Waals surface area (Å²) in [5, 5.41) is 5.19. The molecule has 1 fully saturated rings. The van der Waals surface area contributed by atoms with Crippen LogP contribution in [0, 0.1) is 0 Å². The van der Waals surface area contributed by atoms with E-state index in [1.54, 1.807) is 35.6 Å². The number of aromatic nitrogens is 1. The molecule has 7 nitrogen and oxygen atoms in total. The minimum absolute atomic E-state index is 0.102. The zero-order chi connectivity index (χ0) is 20.5. The summed E-state index contributed by atoms with van der Waals surface area (Å²) in [6.07, 6.45) is 4.59. The molecule has 4 aromatic heterocycles. The number of likely N-dealkylation sites (tertiary alicyclic amines) is 1. The highest BCUT2D eigenvalue weighted by Crippen LogP contribution is 2.39. The normalized spacial score (nSPS) is 16.1. The van der Waals surface area contributed by atoms with Crippen molar-refractivity contribution in [1.29, 1.82) is 0 Å². The van der Waals surface area contributed by atoms with Gasteiger partial charge in [-0.2, -0.15) is 0 Å². The van der Waals surface area contributed by atoms with Crippen LogP contribution in [-0.4, -0.2) is 34.3 Å². The minimum atomic E-state index is -0.511. The van der Waals surface area contributed by atoms with Crippen molar-refractivity contribution in [2.24, 2.45) is 0 Å². The molecule has 1 aliphatic rings. The van der Waals surface area contributed by atoms with E-state index in [1.165, 1.54) is 22.7 Å². The van der Waals surface area contributed by atoms with Crippen LogP contribution < -0.4 is 5.32 Å². The highest BCUT2D eigenvalue weighted by molar-refractivity contribution is 7.19. The molecule has 1 aliphatic heterocycles. The van der Waals surface area contributed by atoms with Gasteiger partial charge in [0.15, 0.2) is 10.9 Å². The van der Waals surface area contributed by atoms with E-state index in [-0.39, 0.29) is 11.8 Å². The molecule has 1 atom stereocenters. The number of thiophene rings is 1. The van der Waals surface area contributed by atoms with Crippen LogP contribution in [0.25, 0.3) is 22.1 Å². The predicted octanol–water partition coefficient (Wildman–Crippen LogP) is 4.97. The Morgan fingerprint density at radius 1 is 1.10 bits per heavy atom. The van der Waals surface area contributed by atoms with E-state index in [0.29, 0.717) is 40.2 Å². The Morgan fingerprint density at radius 3 is 2.60 bits per heavy atom. The van der Waals surface area contributed by atoms with Crippen LogP contribution >= 0.6 is 22.7 Å². The number of hydrogen-bond acceptors (Lipinski definition) is 7. The largest absolute Gasteiger partial charge is 0.463 e. The molecule has 0 unspecified atom stereocenters. The number of rotatable bonds is 5. The predicted molar refractivity (Wildman–Crippen MR) is 115 cm³/mol. The van der Waals surface area contributed by atoms with Crippen molar-refractivity contribution >= 4 is 39.6 Å². The molecule has 9 heteroatoms. The number of furan rings is 2. The summed E-state index contributed by atoms with van der Waals surface area (Å²) in [7, 11) is 0. The zero-order valence-corrected chi connectivity index (χ0v) is 17.4. The second-order valence-corrected chi connectivity index (χ2v) is 8.72. The van der Waals surface area contributed by atoms with Crippen molar-refractivity contribution in [3.05, 3.63) is 59.2 Å². The first kappa shape index (κ1) is 18.8. The third kappa shape index (κ3) is 3.46. The Kier molecular flexibility index (Phi) is 4.97. The lowest BCUT2D eigenvalue weighted by Gasteiger charge is -2.22. The van der Waals surface area contributed by atoms with Gasteiger partial charge < -0.3 is 19.1 Å². The van der Waals surface area contributed by atoms with E-state index in [1.807, 2.05) is 23.6 Å². The average Bonchev–Trinajstić information content (AvgIpc) is 3.55. The molecule has 0 saturated carbocycles. The van der Waals surface area contributed by atoms with Crippen LogP contribution in [0.4, 0.5) is 5.13 Å². The fourth-order valence-electron chi connectivity index (χ4n) is 3.54. The number of thiazole rings is 1. The summed E-state index contributed by atoms with van der Waals surface area (Å²) in [5.74, 6) is 0.903. The fraction of sp³-hybridized carbons (Fsp3) is 0.190. The Morgan fingerprint density at radius 2 is 1.90 bits per heavy atom. The van der Waals surface area contributed by atoms with Crippen molar-refractivity contribution in [2.75, 3.05) is 11.9 Å². The van der Waals surface area contributed by atoms with Gasteiger partial charge in [-0.1, -0.05) is 17.4 Å². The van der Waals surface area contributed by atoms with Gasteiger partial charge in [0.25, 0.3) is 5.91 Å². The third-order valence-electron chi connectivity index (χ3n) is 4.91. The standard InChI is InChI=1S/C21H17N3O4S2/c25-19(13-5-1-9-24(13)20(26)16-8-4-12-29-16)23-21-22-17(14-6-2-10-27-14)18(30-21)15-7-3-11-28-15/h2-4,6-8,10-13H,1,5,9H2,(H,22,23,25)/t13-/m1/s1. The highest BCUT2D eigenvalue weighted by Gasteiger charge is 2.35. The van der Waals surface area contributed by atoms with E-state index < -0.39 is 6.04 Å². The SMILES string of the molecule is O=C(Nc1nc(-c2ccco2)c(-c2ccco2)s1)[C@H]1CCCN1C(=O)c1cccs1. The van der Waals surface area contributed by atoms with Gasteiger partial charge in [0.1, 0.15) is 22.4 Å². The van der Waals surface area contributed by atoms with Gasteiger partial charge in [-0.15, -0.1) is 11.3 Å². The van der Waals surface area contributed by atoms with E-state index >= 15 is 0 Å². The van der Waals surface area contributed by atoms with Crippen LogP contribution in [-0.2, 0) is 4.79 Å². The third-order valence-corrected chi connectivity index (χ3v) is 6.75. The molecule has 0 aliphatic carbocycles. The van der Waals surface area contributed by atoms with Crippen molar-refractivity contribution in [3.63, 3.8) is 0 Å². The van der Waals surface area contributed by atoms with Gasteiger partial charge in [-0.25, -0.2) is 4.98 Å². The summed E-state index contributed by atoms with van der Waals surface area (Å²) >= 11 is 2.70. The highest BCUT2D eigenvalue weighted by atomic mass is 32.1. The summed E-state index contributed by atoms with van der Waals surface area (Å²) < 4.78 is 11.0. The number of carbonyl (C=O) groups is 2. The quantitative estimate of drug-likeness (QED) is 0.474. The summed E-state index contributed by atoms with van der Waals surface area (Å²) in [6.45, 7) is 0.571. The Bertz CT molecular complexity index is 1100. The Balaban J connectivity index is 1.40. The minimum Gasteiger partial charge on any atom is -0.463 e. The van der Waals surface area contributed by atoms with Crippen molar-refractivity contribution < 1.29 is 18.4 Å². The first-order chi connectivity index (χ1) is 14.7. The second kappa shape index (κ2) is 7.92. The molecule has 0 spiro atoms. The van der Waals surface area contributed by atoms with E-state index in [9.17, 15) is 9.59 Å². The molecule has 1 saturated heterocycles. The van der Waals surface area contributed by atoms with Gasteiger partial charge in [0, 0.05) is 6.54 Å². The maximum Gasteiger partial charge on any atom is 0.264 e. The number of nitrogens with one attached hydrogen (secondary N) is 1. The molecule has 1 N–H and O–H groups in total. The van der Waals surface area contributed by atoms with Gasteiger partial charge in [0.05, 0.1) is 17.4 Å². The van der Waals surface area contributed by atoms with Gasteiger partial charge in [-0.05, 0) is 48.6 Å². The maximum atomic E-state index is 13.0. The maximum absolute atomic E-state index is 13.0. The molecular weight excluding hydrogens is 422 g/mol. The molecule has 5 heterocycles. The van der Waals surface area contributed by atoms with Crippen LogP contribution in [0.2, 0.25) is 0 Å². The summed E-state index contributed by atoms with van der Waals surface area (Å²) in [5.41, 5.74) is 0.605. The first-order valence-corrected chi connectivity index (χ1v) is 11.1. The second-order valence-electron chi connectivity index (χ2n) is 6.77. The monoisotopic (exact) mass is 439 g/mol. The summed E-state index contributed by atoms with van der Waals surface area (Å²) in [4.78, 5) is 33.4. The Hall–Kier alpha value is -3.17. The molecule has 0 radical (unpaired) electrons. The number of amides is 2. The van der Waals surface area contributed by atoms with E-state index in [4.69, 9.17) is 8.83 Å². The smallest absolute Gasteiger partial charge is 0.264 e. The molecule has 2 amide bonds. The molecule has 152 valence electrons. The van der Waals surface area contributed by atoms with Crippen molar-refractivity contribution in [3.8, 4) is 22.1 Å². The lowest BCUT2D eigenvalue weighted by molar-refractivity contribution is -0.119. The number of anilines is 1. The number of hydrogen-bond donors (Lipinski definition) is 1. The fourth-order valence-corrected chi connectivity index (χ4v) is 5.16. The van der Waals surface area contributed by atoms with Crippen molar-refractivity contribution in [2.45, 2.75) is 18.9 Å². The van der Waals surface area contributed by atoms with Gasteiger partial charge in [0.2, 0.25) is 5.91 Å². The van der Waals surface area contributed by atoms with Crippen LogP contribution in [0.15, 0.2) is 63.1 Å².